The predicted molar refractivity (Wildman–Crippen MR) is 70.1 cm³/mol. The lowest BCUT2D eigenvalue weighted by Gasteiger charge is -2.39. The first kappa shape index (κ1) is 14.0. The summed E-state index contributed by atoms with van der Waals surface area (Å²) in [6.45, 7) is 4.08. The van der Waals surface area contributed by atoms with Gasteiger partial charge >= 0.3 is 0 Å². The second kappa shape index (κ2) is 5.67. The molecule has 1 heterocycles. The summed E-state index contributed by atoms with van der Waals surface area (Å²) in [4.78, 5) is 13.5. The van der Waals surface area contributed by atoms with Gasteiger partial charge in [0, 0.05) is 26.7 Å². The molecular weight excluding hydrogens is 247 g/mol. The van der Waals surface area contributed by atoms with Gasteiger partial charge in [-0.25, -0.2) is 4.39 Å². The number of halogens is 1. The fraction of sp³-hybridized carbons (Fsp3) is 0.500. The molecule has 1 aliphatic rings. The van der Waals surface area contributed by atoms with Crippen LogP contribution in [0.1, 0.15) is 12.5 Å². The van der Waals surface area contributed by atoms with Crippen molar-refractivity contribution in [2.24, 2.45) is 0 Å². The Hall–Kier alpha value is -1.46. The molecule has 5 heteroatoms. The molecule has 0 saturated carbocycles. The Morgan fingerprint density at radius 3 is 2.58 bits per heavy atom. The van der Waals surface area contributed by atoms with Gasteiger partial charge in [0.05, 0.1) is 5.60 Å². The first-order valence-electron chi connectivity index (χ1n) is 6.32. The van der Waals surface area contributed by atoms with Gasteiger partial charge in [-0.3, -0.25) is 4.79 Å². The second-order valence-electron chi connectivity index (χ2n) is 5.22. The Morgan fingerprint density at radius 1 is 1.42 bits per heavy atom. The van der Waals surface area contributed by atoms with E-state index in [1.165, 1.54) is 12.1 Å². The Balaban J connectivity index is 1.80. The van der Waals surface area contributed by atoms with Crippen molar-refractivity contribution in [2.75, 3.05) is 26.7 Å². The quantitative estimate of drug-likeness (QED) is 0.869. The van der Waals surface area contributed by atoms with Crippen LogP contribution in [0.4, 0.5) is 4.39 Å². The third-order valence-corrected chi connectivity index (χ3v) is 3.30. The maximum Gasteiger partial charge on any atom is 0.248 e. The van der Waals surface area contributed by atoms with Crippen LogP contribution in [0.5, 0.6) is 0 Å². The van der Waals surface area contributed by atoms with E-state index >= 15 is 0 Å². The number of rotatable bonds is 5. The molecule has 0 atom stereocenters. The van der Waals surface area contributed by atoms with Gasteiger partial charge in [0.2, 0.25) is 5.91 Å². The lowest BCUT2D eigenvalue weighted by Crippen LogP contribution is -2.59. The van der Waals surface area contributed by atoms with Gasteiger partial charge in [0.15, 0.2) is 0 Å². The van der Waals surface area contributed by atoms with Crippen LogP contribution in [-0.4, -0.2) is 43.2 Å². The lowest BCUT2D eigenvalue weighted by atomic mass is 10.0. The van der Waals surface area contributed by atoms with Gasteiger partial charge in [-0.2, -0.15) is 0 Å². The van der Waals surface area contributed by atoms with Crippen molar-refractivity contribution in [2.45, 2.75) is 19.1 Å². The molecule has 0 radical (unpaired) electrons. The summed E-state index contributed by atoms with van der Waals surface area (Å²) in [6, 6.07) is 6.14. The Morgan fingerprint density at radius 2 is 2.05 bits per heavy atom. The van der Waals surface area contributed by atoms with E-state index in [9.17, 15) is 9.18 Å². The van der Waals surface area contributed by atoms with Crippen LogP contribution in [-0.2, 0) is 16.1 Å². The van der Waals surface area contributed by atoms with E-state index in [2.05, 4.69) is 5.32 Å². The van der Waals surface area contributed by atoms with Crippen molar-refractivity contribution in [1.82, 2.24) is 10.2 Å². The molecule has 1 saturated heterocycles. The number of nitrogens with zero attached hydrogens (tertiary/aromatic N) is 1. The van der Waals surface area contributed by atoms with E-state index < -0.39 is 0 Å². The Kier molecular flexibility index (Phi) is 4.17. The molecule has 0 bridgehead atoms. The van der Waals surface area contributed by atoms with Crippen molar-refractivity contribution >= 4 is 5.91 Å². The van der Waals surface area contributed by atoms with Gasteiger partial charge < -0.3 is 15.0 Å². The van der Waals surface area contributed by atoms with Crippen LogP contribution in [0.2, 0.25) is 0 Å². The zero-order valence-electron chi connectivity index (χ0n) is 11.3. The number of benzene rings is 1. The summed E-state index contributed by atoms with van der Waals surface area (Å²) in [7, 11) is 1.72. The fourth-order valence-electron chi connectivity index (χ4n) is 1.88. The summed E-state index contributed by atoms with van der Waals surface area (Å²) in [5.74, 6) is -0.344. The van der Waals surface area contributed by atoms with Crippen molar-refractivity contribution in [3.05, 3.63) is 35.6 Å². The van der Waals surface area contributed by atoms with Crippen LogP contribution in [0, 0.1) is 5.82 Å². The molecule has 1 fully saturated rings. The van der Waals surface area contributed by atoms with E-state index in [1.807, 2.05) is 6.92 Å². The average molecular weight is 266 g/mol. The number of carbonyl (C=O) groups is 1. The Bertz CT molecular complexity index is 443. The monoisotopic (exact) mass is 266 g/mol. The largest absolute Gasteiger partial charge is 0.363 e. The summed E-state index contributed by atoms with van der Waals surface area (Å²) in [5.41, 5.74) is 0.681. The van der Waals surface area contributed by atoms with Crippen molar-refractivity contribution in [3.63, 3.8) is 0 Å². The summed E-state index contributed by atoms with van der Waals surface area (Å²) < 4.78 is 18.4. The normalized spacial score (nSPS) is 16.8. The smallest absolute Gasteiger partial charge is 0.248 e. The highest BCUT2D eigenvalue weighted by Crippen LogP contribution is 2.15. The zero-order chi connectivity index (χ0) is 13.9. The highest BCUT2D eigenvalue weighted by molar-refractivity contribution is 5.77. The first-order chi connectivity index (χ1) is 8.98. The molecule has 1 aliphatic heterocycles. The van der Waals surface area contributed by atoms with E-state index in [0.717, 1.165) is 18.7 Å². The molecule has 4 nitrogen and oxygen atoms in total. The third kappa shape index (κ3) is 3.75. The minimum absolute atomic E-state index is 0.0718. The molecule has 0 spiro atoms. The molecule has 0 aliphatic carbocycles. The van der Waals surface area contributed by atoms with Crippen molar-refractivity contribution in [3.8, 4) is 0 Å². The number of amides is 1. The minimum Gasteiger partial charge on any atom is -0.363 e. The SMILES string of the molecule is CN(Cc1ccc(F)cc1)C(=O)COC1(C)CNC1. The summed E-state index contributed by atoms with van der Waals surface area (Å²) in [6.07, 6.45) is 0. The topological polar surface area (TPSA) is 41.6 Å². The third-order valence-electron chi connectivity index (χ3n) is 3.30. The van der Waals surface area contributed by atoms with E-state index in [1.54, 1.807) is 24.1 Å². The van der Waals surface area contributed by atoms with Crippen LogP contribution < -0.4 is 5.32 Å². The average Bonchev–Trinajstić information content (AvgIpc) is 2.36. The first-order valence-corrected chi connectivity index (χ1v) is 6.32. The van der Waals surface area contributed by atoms with Crippen LogP contribution in [0.3, 0.4) is 0 Å². The number of likely N-dealkylation sites (N-methyl/N-ethyl adjacent to an activating group) is 1. The molecule has 0 aromatic heterocycles. The van der Waals surface area contributed by atoms with Gasteiger partial charge in [0.1, 0.15) is 12.4 Å². The highest BCUT2D eigenvalue weighted by atomic mass is 19.1. The number of hydrogen-bond acceptors (Lipinski definition) is 3. The van der Waals surface area contributed by atoms with Crippen LogP contribution >= 0.6 is 0 Å². The molecule has 1 aromatic rings. The number of carbonyl (C=O) groups excluding carboxylic acids is 1. The molecule has 1 N–H and O–H groups in total. The molecule has 1 amide bonds. The Labute approximate surface area is 112 Å². The number of ether oxygens (including phenoxy) is 1. The predicted octanol–water partition coefficient (Wildman–Crippen LogP) is 1.16. The maximum atomic E-state index is 12.8. The van der Waals surface area contributed by atoms with Crippen molar-refractivity contribution in [1.29, 1.82) is 0 Å². The molecule has 1 aromatic carbocycles. The second-order valence-corrected chi connectivity index (χ2v) is 5.22. The molecule has 19 heavy (non-hydrogen) atoms. The van der Waals surface area contributed by atoms with E-state index in [4.69, 9.17) is 4.74 Å². The maximum absolute atomic E-state index is 12.8. The lowest BCUT2D eigenvalue weighted by molar-refractivity contribution is -0.145. The molecule has 104 valence electrons. The van der Waals surface area contributed by atoms with E-state index in [0.29, 0.717) is 6.54 Å². The van der Waals surface area contributed by atoms with E-state index in [-0.39, 0.29) is 23.9 Å². The van der Waals surface area contributed by atoms with Gasteiger partial charge in [-0.15, -0.1) is 0 Å². The summed E-state index contributed by atoms with van der Waals surface area (Å²) >= 11 is 0. The van der Waals surface area contributed by atoms with Gasteiger partial charge in [-0.05, 0) is 24.6 Å². The number of nitrogens with one attached hydrogen (secondary N) is 1. The molecular formula is C14H19FN2O2. The standard InChI is InChI=1S/C14H19FN2O2/c1-14(9-16-10-14)19-8-13(18)17(2)7-11-3-5-12(15)6-4-11/h3-6,16H,7-10H2,1-2H3. The van der Waals surface area contributed by atoms with Gasteiger partial charge in [-0.1, -0.05) is 12.1 Å². The number of hydrogen-bond donors (Lipinski definition) is 1. The fourth-order valence-corrected chi connectivity index (χ4v) is 1.88. The van der Waals surface area contributed by atoms with Gasteiger partial charge in [0.25, 0.3) is 0 Å². The molecule has 2 rings (SSSR count). The summed E-state index contributed by atoms with van der Waals surface area (Å²) in [5, 5.41) is 3.11. The highest BCUT2D eigenvalue weighted by Gasteiger charge is 2.33. The van der Waals surface area contributed by atoms with Crippen LogP contribution in [0.15, 0.2) is 24.3 Å². The minimum atomic E-state index is -0.272. The molecule has 0 unspecified atom stereocenters. The zero-order valence-corrected chi connectivity index (χ0v) is 11.3. The van der Waals surface area contributed by atoms with Crippen LogP contribution in [0.25, 0.3) is 0 Å². The van der Waals surface area contributed by atoms with Crippen molar-refractivity contribution < 1.29 is 13.9 Å².